The number of carbonyl (C=O) groups is 2. The molecule has 0 saturated carbocycles. The number of hydrogen-bond donors (Lipinski definition) is 1. The van der Waals surface area contributed by atoms with E-state index in [-0.39, 0.29) is 12.5 Å². The smallest absolute Gasteiger partial charge is 0.277 e. The van der Waals surface area contributed by atoms with E-state index >= 15 is 0 Å². The van der Waals surface area contributed by atoms with Gasteiger partial charge in [-0.25, -0.2) is 5.43 Å². The van der Waals surface area contributed by atoms with Gasteiger partial charge in [0.25, 0.3) is 11.8 Å². The largest absolute Gasteiger partial charge is 0.493 e. The molecule has 0 bridgehead atoms. The monoisotopic (exact) mass is 552 g/mol. The molecule has 3 aromatic carbocycles. The van der Waals surface area contributed by atoms with Crippen LogP contribution in [0, 0.1) is 0 Å². The maximum atomic E-state index is 12.7. The summed E-state index contributed by atoms with van der Waals surface area (Å²) < 4.78 is 17.1. The van der Waals surface area contributed by atoms with Gasteiger partial charge in [0, 0.05) is 30.2 Å². The molecule has 1 aromatic heterocycles. The number of pyridine rings is 1. The van der Waals surface area contributed by atoms with Crippen molar-refractivity contribution in [3.63, 3.8) is 0 Å². The molecule has 210 valence electrons. The fourth-order valence-electron chi connectivity index (χ4n) is 4.61. The number of ether oxygens (including phenoxy) is 3. The zero-order chi connectivity index (χ0) is 28.4. The zero-order valence-electron chi connectivity index (χ0n) is 22.9. The Balaban J connectivity index is 1.11. The van der Waals surface area contributed by atoms with Gasteiger partial charge in [0.05, 0.1) is 13.3 Å². The summed E-state index contributed by atoms with van der Waals surface area (Å²) in [5.41, 5.74) is 5.52. The van der Waals surface area contributed by atoms with Crippen molar-refractivity contribution >= 4 is 28.9 Å². The average Bonchev–Trinajstić information content (AvgIpc) is 3.03. The van der Waals surface area contributed by atoms with Crippen LogP contribution in [0.25, 0.3) is 10.9 Å². The summed E-state index contributed by atoms with van der Waals surface area (Å²) in [5, 5.41) is 4.96. The lowest BCUT2D eigenvalue weighted by Gasteiger charge is -2.26. The normalized spacial score (nSPS) is 13.2. The number of amides is 2. The molecular weight excluding hydrogens is 520 g/mol. The minimum absolute atomic E-state index is 0.0851. The van der Waals surface area contributed by atoms with Crippen LogP contribution in [0.1, 0.15) is 40.7 Å². The van der Waals surface area contributed by atoms with Gasteiger partial charge in [-0.2, -0.15) is 5.10 Å². The third-order valence-electron chi connectivity index (χ3n) is 6.78. The number of aromatic nitrogens is 1. The van der Waals surface area contributed by atoms with Crippen molar-refractivity contribution in [1.82, 2.24) is 15.3 Å². The number of benzene rings is 3. The summed E-state index contributed by atoms with van der Waals surface area (Å²) >= 11 is 0. The van der Waals surface area contributed by atoms with E-state index in [4.69, 9.17) is 14.2 Å². The van der Waals surface area contributed by atoms with E-state index in [2.05, 4.69) is 15.5 Å². The van der Waals surface area contributed by atoms with Gasteiger partial charge >= 0.3 is 0 Å². The van der Waals surface area contributed by atoms with Crippen molar-refractivity contribution in [2.24, 2.45) is 5.10 Å². The Morgan fingerprint density at radius 1 is 0.927 bits per heavy atom. The molecule has 41 heavy (non-hydrogen) atoms. The van der Waals surface area contributed by atoms with Gasteiger partial charge in [0.1, 0.15) is 17.9 Å². The molecule has 0 radical (unpaired) electrons. The van der Waals surface area contributed by atoms with Crippen molar-refractivity contribution in [3.8, 4) is 17.2 Å². The number of fused-ring (bicyclic) bond motifs is 1. The molecule has 2 amide bonds. The van der Waals surface area contributed by atoms with Crippen LogP contribution in [0.5, 0.6) is 17.2 Å². The van der Waals surface area contributed by atoms with Gasteiger partial charge in [0.15, 0.2) is 18.1 Å². The second-order valence-electron chi connectivity index (χ2n) is 9.66. The second-order valence-corrected chi connectivity index (χ2v) is 9.66. The second kappa shape index (κ2) is 13.4. The minimum atomic E-state index is -0.398. The quantitative estimate of drug-likeness (QED) is 0.220. The number of hydrazone groups is 1. The average molecular weight is 553 g/mol. The van der Waals surface area contributed by atoms with Crippen molar-refractivity contribution < 1.29 is 23.8 Å². The van der Waals surface area contributed by atoms with Crippen molar-refractivity contribution in [2.45, 2.75) is 25.9 Å². The molecule has 1 fully saturated rings. The lowest BCUT2D eigenvalue weighted by molar-refractivity contribution is -0.123. The Hall–Kier alpha value is -4.92. The number of methoxy groups -OCH3 is 1. The number of carbonyl (C=O) groups excluding carboxylic acids is 2. The highest BCUT2D eigenvalue weighted by Crippen LogP contribution is 2.28. The van der Waals surface area contributed by atoms with Crippen molar-refractivity contribution in [3.05, 3.63) is 95.7 Å². The molecule has 0 spiro atoms. The molecule has 4 aromatic rings. The standard InChI is InChI=1S/C32H32N4O5/c1-39-29-19-24(20-34-35-30(37)22-41-28-9-5-7-25-8-6-16-33-31(25)28)12-15-27(29)40-21-23-10-13-26(14-11-23)32(38)36-17-3-2-4-18-36/h5-16,19-20H,2-4,17-18,21-22H2,1H3,(H,35,37)/b34-20-. The lowest BCUT2D eigenvalue weighted by Crippen LogP contribution is -2.35. The first-order chi connectivity index (χ1) is 20.1. The van der Waals surface area contributed by atoms with Gasteiger partial charge in [-0.3, -0.25) is 14.6 Å². The molecule has 0 aliphatic carbocycles. The molecular formula is C32H32N4O5. The Kier molecular flexibility index (Phi) is 9.05. The van der Waals surface area contributed by atoms with Crippen LogP contribution in [0.2, 0.25) is 0 Å². The Labute approximate surface area is 238 Å². The third kappa shape index (κ3) is 7.19. The van der Waals surface area contributed by atoms with Crippen LogP contribution in [0.4, 0.5) is 0 Å². The van der Waals surface area contributed by atoms with E-state index in [1.54, 1.807) is 31.5 Å². The first-order valence-electron chi connectivity index (χ1n) is 13.6. The third-order valence-corrected chi connectivity index (χ3v) is 6.78. The molecule has 1 N–H and O–H groups in total. The SMILES string of the molecule is COc1cc(/C=N\NC(=O)COc2cccc3cccnc23)ccc1OCc1ccc(C(=O)N2CCCCC2)cc1. The Morgan fingerprint density at radius 2 is 1.73 bits per heavy atom. The first-order valence-corrected chi connectivity index (χ1v) is 13.6. The molecule has 1 aliphatic heterocycles. The summed E-state index contributed by atoms with van der Waals surface area (Å²) in [7, 11) is 1.56. The fraction of sp³-hybridized carbons (Fsp3) is 0.250. The Morgan fingerprint density at radius 3 is 2.54 bits per heavy atom. The van der Waals surface area contributed by atoms with E-state index < -0.39 is 5.91 Å². The maximum absolute atomic E-state index is 12.7. The molecule has 9 heteroatoms. The molecule has 5 rings (SSSR count). The topological polar surface area (TPSA) is 102 Å². The van der Waals surface area contributed by atoms with Crippen LogP contribution in [0.15, 0.2) is 84.1 Å². The number of para-hydroxylation sites is 1. The van der Waals surface area contributed by atoms with E-state index in [9.17, 15) is 9.59 Å². The van der Waals surface area contributed by atoms with Crippen molar-refractivity contribution in [1.29, 1.82) is 0 Å². The number of nitrogens with zero attached hydrogens (tertiary/aromatic N) is 3. The van der Waals surface area contributed by atoms with Gasteiger partial charge in [0.2, 0.25) is 0 Å². The van der Waals surface area contributed by atoms with E-state index in [0.717, 1.165) is 36.9 Å². The maximum Gasteiger partial charge on any atom is 0.277 e. The summed E-state index contributed by atoms with van der Waals surface area (Å²) in [6.45, 7) is 1.78. The van der Waals surface area contributed by atoms with Gasteiger partial charge < -0.3 is 19.1 Å². The number of likely N-dealkylation sites (tertiary alicyclic amines) is 1. The highest BCUT2D eigenvalue weighted by molar-refractivity contribution is 5.94. The van der Waals surface area contributed by atoms with Gasteiger partial charge in [-0.05, 0) is 72.9 Å². The highest BCUT2D eigenvalue weighted by atomic mass is 16.5. The molecule has 1 saturated heterocycles. The zero-order valence-corrected chi connectivity index (χ0v) is 22.9. The van der Waals surface area contributed by atoms with Gasteiger partial charge in [-0.15, -0.1) is 0 Å². The summed E-state index contributed by atoms with van der Waals surface area (Å²) in [6, 6.07) is 22.2. The number of hydrogen-bond acceptors (Lipinski definition) is 7. The fourth-order valence-corrected chi connectivity index (χ4v) is 4.61. The van der Waals surface area contributed by atoms with Crippen LogP contribution in [0.3, 0.4) is 0 Å². The summed E-state index contributed by atoms with van der Waals surface area (Å²) in [4.78, 5) is 31.2. The van der Waals surface area contributed by atoms with Crippen LogP contribution in [-0.4, -0.2) is 54.7 Å². The molecule has 0 unspecified atom stereocenters. The summed E-state index contributed by atoms with van der Waals surface area (Å²) in [5.74, 6) is 1.32. The summed E-state index contributed by atoms with van der Waals surface area (Å²) in [6.07, 6.45) is 6.52. The van der Waals surface area contributed by atoms with Crippen LogP contribution < -0.4 is 19.6 Å². The predicted molar refractivity (Wildman–Crippen MR) is 156 cm³/mol. The lowest BCUT2D eigenvalue weighted by atomic mass is 10.1. The van der Waals surface area contributed by atoms with E-state index in [1.807, 2.05) is 59.5 Å². The first kappa shape index (κ1) is 27.6. The molecule has 0 atom stereocenters. The minimum Gasteiger partial charge on any atom is -0.493 e. The molecule has 1 aliphatic rings. The number of rotatable bonds is 10. The molecule has 9 nitrogen and oxygen atoms in total. The molecule has 2 heterocycles. The predicted octanol–water partition coefficient (Wildman–Crippen LogP) is 4.98. The van der Waals surface area contributed by atoms with Crippen molar-refractivity contribution in [2.75, 3.05) is 26.8 Å². The highest BCUT2D eigenvalue weighted by Gasteiger charge is 2.18. The van der Waals surface area contributed by atoms with Gasteiger partial charge in [-0.1, -0.05) is 30.3 Å². The van der Waals surface area contributed by atoms with E-state index in [0.29, 0.717) is 40.5 Å². The van der Waals surface area contributed by atoms with Crippen LogP contribution >= 0.6 is 0 Å². The number of nitrogens with one attached hydrogen (secondary N) is 1. The Bertz CT molecular complexity index is 1530. The number of piperidine rings is 1. The van der Waals surface area contributed by atoms with Crippen LogP contribution in [-0.2, 0) is 11.4 Å². The van der Waals surface area contributed by atoms with E-state index in [1.165, 1.54) is 12.6 Å².